The van der Waals surface area contributed by atoms with Crippen molar-refractivity contribution in [3.8, 4) is 0 Å². The van der Waals surface area contributed by atoms with Crippen LogP contribution in [0.5, 0.6) is 0 Å². The van der Waals surface area contributed by atoms with Gasteiger partial charge in [-0.05, 0) is 60.7 Å². The Morgan fingerprint density at radius 3 is 2.18 bits per heavy atom. The van der Waals surface area contributed by atoms with Gasteiger partial charge in [0.25, 0.3) is 11.8 Å². The number of thiocarbonyl (C=S) groups is 1. The van der Waals surface area contributed by atoms with Gasteiger partial charge in [-0.25, -0.2) is 4.79 Å². The van der Waals surface area contributed by atoms with Crippen LogP contribution in [0, 0.1) is 0 Å². The van der Waals surface area contributed by atoms with Crippen molar-refractivity contribution in [3.05, 3.63) is 93.5 Å². The van der Waals surface area contributed by atoms with Crippen LogP contribution in [0.15, 0.2) is 66.7 Å². The SMILES string of the molecule is COC(=O)c1ccc(N2CCN(C(=O)c3ccccc3)CC2)c(NC(=S)NC(=O)c2ccc(Cl)c(Cl)c2)c1. The fourth-order valence-corrected chi connectivity index (χ4v) is 4.54. The van der Waals surface area contributed by atoms with Crippen LogP contribution in [0.3, 0.4) is 0 Å². The average molecular weight is 571 g/mol. The van der Waals surface area contributed by atoms with Crippen molar-refractivity contribution >= 4 is 69.7 Å². The molecule has 2 amide bonds. The van der Waals surface area contributed by atoms with Gasteiger partial charge in [-0.2, -0.15) is 0 Å². The zero-order valence-corrected chi connectivity index (χ0v) is 22.7. The third kappa shape index (κ3) is 6.42. The molecule has 2 N–H and O–H groups in total. The van der Waals surface area contributed by atoms with Crippen molar-refractivity contribution in [2.45, 2.75) is 0 Å². The van der Waals surface area contributed by atoms with E-state index in [1.165, 1.54) is 25.3 Å². The first kappa shape index (κ1) is 27.4. The molecular formula is C27H24Cl2N4O4S. The Morgan fingerprint density at radius 1 is 0.842 bits per heavy atom. The van der Waals surface area contributed by atoms with Gasteiger partial charge in [-0.3, -0.25) is 14.9 Å². The van der Waals surface area contributed by atoms with Gasteiger partial charge in [0, 0.05) is 37.3 Å². The van der Waals surface area contributed by atoms with Crippen molar-refractivity contribution in [3.63, 3.8) is 0 Å². The normalized spacial score (nSPS) is 13.0. The topological polar surface area (TPSA) is 91.0 Å². The Labute approximate surface area is 235 Å². The Morgan fingerprint density at radius 2 is 1.53 bits per heavy atom. The maximum Gasteiger partial charge on any atom is 0.337 e. The molecule has 38 heavy (non-hydrogen) atoms. The Hall–Kier alpha value is -3.66. The number of carbonyl (C=O) groups excluding carboxylic acids is 3. The molecule has 1 aliphatic heterocycles. The summed E-state index contributed by atoms with van der Waals surface area (Å²) in [6.07, 6.45) is 0. The molecule has 1 aliphatic rings. The molecule has 0 radical (unpaired) electrons. The standard InChI is InChI=1S/C27H24Cl2N4O4S/c1-37-26(36)19-8-10-23(32-11-13-33(14-12-32)25(35)17-5-3-2-4-6-17)22(16-19)30-27(38)31-24(34)18-7-9-20(28)21(29)15-18/h2-10,15-16H,11-14H2,1H3,(H2,30,31,34,38). The van der Waals surface area contributed by atoms with Crippen LogP contribution >= 0.6 is 35.4 Å². The molecule has 196 valence electrons. The first-order valence-corrected chi connectivity index (χ1v) is 12.8. The van der Waals surface area contributed by atoms with E-state index >= 15 is 0 Å². The molecule has 3 aromatic carbocycles. The van der Waals surface area contributed by atoms with E-state index in [4.69, 9.17) is 40.2 Å². The van der Waals surface area contributed by atoms with Gasteiger partial charge >= 0.3 is 5.97 Å². The minimum Gasteiger partial charge on any atom is -0.465 e. The summed E-state index contributed by atoms with van der Waals surface area (Å²) in [6, 6.07) is 18.7. The molecule has 3 aromatic rings. The highest BCUT2D eigenvalue weighted by atomic mass is 35.5. The van der Waals surface area contributed by atoms with Gasteiger partial charge in [0.05, 0.1) is 34.1 Å². The summed E-state index contributed by atoms with van der Waals surface area (Å²) < 4.78 is 4.86. The molecule has 1 heterocycles. The van der Waals surface area contributed by atoms with Crippen molar-refractivity contribution in [1.82, 2.24) is 10.2 Å². The summed E-state index contributed by atoms with van der Waals surface area (Å²) in [6.45, 7) is 2.16. The summed E-state index contributed by atoms with van der Waals surface area (Å²) in [5.41, 5.74) is 2.51. The van der Waals surface area contributed by atoms with Gasteiger partial charge < -0.3 is 19.9 Å². The third-order valence-corrected chi connectivity index (χ3v) is 6.95. The number of halogens is 2. The van der Waals surface area contributed by atoms with Crippen LogP contribution in [0.2, 0.25) is 10.0 Å². The molecule has 0 spiro atoms. The first-order valence-electron chi connectivity index (χ1n) is 11.7. The molecule has 11 heteroatoms. The minimum atomic E-state index is -0.511. The van der Waals surface area contributed by atoms with Gasteiger partial charge in [-0.15, -0.1) is 0 Å². The van der Waals surface area contributed by atoms with Gasteiger partial charge in [0.2, 0.25) is 0 Å². The summed E-state index contributed by atoms with van der Waals surface area (Å²) in [5, 5.41) is 6.25. The fraction of sp³-hybridized carbons (Fsp3) is 0.185. The maximum absolute atomic E-state index is 12.8. The molecule has 0 atom stereocenters. The number of methoxy groups -OCH3 is 1. The van der Waals surface area contributed by atoms with E-state index in [2.05, 4.69) is 15.5 Å². The number of hydrogen-bond donors (Lipinski definition) is 2. The number of ether oxygens (including phenoxy) is 1. The van der Waals surface area contributed by atoms with Crippen LogP contribution in [0.25, 0.3) is 0 Å². The van der Waals surface area contributed by atoms with Crippen LogP contribution in [0.4, 0.5) is 11.4 Å². The van der Waals surface area contributed by atoms with Crippen molar-refractivity contribution in [1.29, 1.82) is 0 Å². The number of esters is 1. The molecule has 0 unspecified atom stereocenters. The highest BCUT2D eigenvalue weighted by molar-refractivity contribution is 7.80. The number of nitrogens with one attached hydrogen (secondary N) is 2. The second-order valence-electron chi connectivity index (χ2n) is 8.41. The second-order valence-corrected chi connectivity index (χ2v) is 9.63. The molecule has 0 bridgehead atoms. The number of hydrogen-bond acceptors (Lipinski definition) is 6. The molecule has 4 rings (SSSR count). The van der Waals surface area contributed by atoms with Crippen molar-refractivity contribution in [2.75, 3.05) is 43.5 Å². The maximum atomic E-state index is 12.8. The largest absolute Gasteiger partial charge is 0.465 e. The van der Waals surface area contributed by atoms with Crippen LogP contribution in [-0.2, 0) is 4.74 Å². The zero-order valence-electron chi connectivity index (χ0n) is 20.4. The van der Waals surface area contributed by atoms with E-state index < -0.39 is 11.9 Å². The molecule has 1 fully saturated rings. The van der Waals surface area contributed by atoms with Crippen LogP contribution < -0.4 is 15.5 Å². The van der Waals surface area contributed by atoms with Crippen molar-refractivity contribution < 1.29 is 19.1 Å². The number of piperazine rings is 1. The second kappa shape index (κ2) is 12.3. The third-order valence-electron chi connectivity index (χ3n) is 6.00. The zero-order chi connectivity index (χ0) is 27.2. The molecule has 8 nitrogen and oxygen atoms in total. The number of nitrogens with zero attached hydrogens (tertiary/aromatic N) is 2. The van der Waals surface area contributed by atoms with Crippen LogP contribution in [-0.4, -0.2) is 61.1 Å². The number of benzene rings is 3. The van der Waals surface area contributed by atoms with Gasteiger partial charge in [-0.1, -0.05) is 41.4 Å². The first-order chi connectivity index (χ1) is 18.3. The average Bonchev–Trinajstić information content (AvgIpc) is 2.94. The lowest BCUT2D eigenvalue weighted by Gasteiger charge is -2.37. The number of rotatable bonds is 5. The molecule has 0 saturated carbocycles. The number of carbonyl (C=O) groups is 3. The summed E-state index contributed by atoms with van der Waals surface area (Å²) in [4.78, 5) is 41.6. The summed E-state index contributed by atoms with van der Waals surface area (Å²) >= 11 is 17.3. The predicted octanol–water partition coefficient (Wildman–Crippen LogP) is 4.87. The van der Waals surface area contributed by atoms with Crippen molar-refractivity contribution in [2.24, 2.45) is 0 Å². The number of amides is 2. The lowest BCUT2D eigenvalue weighted by atomic mass is 10.1. The van der Waals surface area contributed by atoms with E-state index in [1.807, 2.05) is 23.1 Å². The highest BCUT2D eigenvalue weighted by Gasteiger charge is 2.24. The van der Waals surface area contributed by atoms with Gasteiger partial charge in [0.15, 0.2) is 5.11 Å². The Kier molecular flexibility index (Phi) is 8.83. The van der Waals surface area contributed by atoms with E-state index in [-0.39, 0.29) is 21.6 Å². The molecule has 0 aromatic heterocycles. The van der Waals surface area contributed by atoms with E-state index in [9.17, 15) is 14.4 Å². The van der Waals surface area contributed by atoms with E-state index in [1.54, 1.807) is 30.3 Å². The quantitative estimate of drug-likeness (QED) is 0.334. The fourth-order valence-electron chi connectivity index (χ4n) is 4.04. The highest BCUT2D eigenvalue weighted by Crippen LogP contribution is 2.29. The smallest absolute Gasteiger partial charge is 0.337 e. The summed E-state index contributed by atoms with van der Waals surface area (Å²) in [7, 11) is 1.30. The molecule has 0 aliphatic carbocycles. The van der Waals surface area contributed by atoms with E-state index in [0.717, 1.165) is 5.69 Å². The molecule has 1 saturated heterocycles. The summed E-state index contributed by atoms with van der Waals surface area (Å²) in [5.74, 6) is -1.00. The monoisotopic (exact) mass is 570 g/mol. The Bertz CT molecular complexity index is 1380. The van der Waals surface area contributed by atoms with Crippen LogP contribution in [0.1, 0.15) is 31.1 Å². The number of anilines is 2. The van der Waals surface area contributed by atoms with E-state index in [0.29, 0.717) is 48.0 Å². The Balaban J connectivity index is 1.49. The predicted molar refractivity (Wildman–Crippen MR) is 152 cm³/mol. The lowest BCUT2D eigenvalue weighted by Crippen LogP contribution is -2.49. The van der Waals surface area contributed by atoms with Gasteiger partial charge in [0.1, 0.15) is 0 Å². The minimum absolute atomic E-state index is 0.0177. The molecular weight excluding hydrogens is 547 g/mol. The lowest BCUT2D eigenvalue weighted by molar-refractivity contribution is 0.0600.